The van der Waals surface area contributed by atoms with Gasteiger partial charge in [-0.2, -0.15) is 11.8 Å². The number of thioether (sulfide) groups is 1. The lowest BCUT2D eigenvalue weighted by Crippen LogP contribution is -2.29. The van der Waals surface area contributed by atoms with Crippen LogP contribution < -0.4 is 20.1 Å². The van der Waals surface area contributed by atoms with Crippen molar-refractivity contribution in [1.29, 1.82) is 0 Å². The summed E-state index contributed by atoms with van der Waals surface area (Å²) in [6.07, 6.45) is 1.05. The second kappa shape index (κ2) is 10.9. The summed E-state index contributed by atoms with van der Waals surface area (Å²) in [6.45, 7) is 2.97. The summed E-state index contributed by atoms with van der Waals surface area (Å²) in [6, 6.07) is 14.3. The van der Waals surface area contributed by atoms with Gasteiger partial charge in [0.25, 0.3) is 0 Å². The van der Waals surface area contributed by atoms with E-state index in [1.54, 1.807) is 14.2 Å². The van der Waals surface area contributed by atoms with Crippen molar-refractivity contribution in [2.24, 2.45) is 0 Å². The molecule has 2 N–H and O–H groups in total. The number of ether oxygens (including phenoxy) is 2. The zero-order valence-electron chi connectivity index (χ0n) is 15.5. The van der Waals surface area contributed by atoms with Crippen molar-refractivity contribution in [3.63, 3.8) is 0 Å². The van der Waals surface area contributed by atoms with Crippen LogP contribution in [0.4, 0.5) is 5.69 Å². The minimum atomic E-state index is 0.595. The molecule has 0 fully saturated rings. The van der Waals surface area contributed by atoms with Crippen molar-refractivity contribution in [3.05, 3.63) is 53.6 Å². The van der Waals surface area contributed by atoms with E-state index in [2.05, 4.69) is 41.8 Å². The molecule has 0 radical (unpaired) electrons. The molecule has 0 aromatic heterocycles. The van der Waals surface area contributed by atoms with Crippen LogP contribution in [0.15, 0.2) is 42.5 Å². The largest absolute Gasteiger partial charge is 0.497 e. The van der Waals surface area contributed by atoms with Crippen molar-refractivity contribution >= 4 is 34.8 Å². The van der Waals surface area contributed by atoms with Gasteiger partial charge in [0.2, 0.25) is 0 Å². The van der Waals surface area contributed by atoms with E-state index in [-0.39, 0.29) is 0 Å². The van der Waals surface area contributed by atoms with E-state index in [0.29, 0.717) is 10.9 Å². The Bertz CT molecular complexity index is 723. The van der Waals surface area contributed by atoms with Crippen LogP contribution in [-0.4, -0.2) is 31.6 Å². The standard InChI is InChI=1S/C20H26N2O2S2/c1-15-6-4-7-16(12-15)14-26-11-5-10-21-20(25)22-18-9-8-17(23-2)13-19(18)24-3/h4,6-9,12-13H,5,10-11,14H2,1-3H3,(H2,21,22,25). The molecule has 2 aromatic carbocycles. The number of nitrogens with one attached hydrogen (secondary N) is 2. The molecule has 0 aliphatic rings. The minimum Gasteiger partial charge on any atom is -0.497 e. The second-order valence-corrected chi connectivity index (χ2v) is 7.36. The Hall–Kier alpha value is -1.92. The summed E-state index contributed by atoms with van der Waals surface area (Å²) in [5.41, 5.74) is 3.52. The molecule has 0 saturated heterocycles. The number of hydrogen-bond donors (Lipinski definition) is 2. The highest BCUT2D eigenvalue weighted by Gasteiger charge is 2.06. The van der Waals surface area contributed by atoms with E-state index in [0.717, 1.165) is 35.9 Å². The molecule has 26 heavy (non-hydrogen) atoms. The SMILES string of the molecule is COc1ccc(NC(=S)NCCCSCc2cccc(C)c2)c(OC)c1. The number of anilines is 1. The average Bonchev–Trinajstić information content (AvgIpc) is 2.65. The third kappa shape index (κ3) is 6.77. The van der Waals surface area contributed by atoms with Gasteiger partial charge < -0.3 is 20.1 Å². The Balaban J connectivity index is 1.66. The van der Waals surface area contributed by atoms with Gasteiger partial charge >= 0.3 is 0 Å². The molecular weight excluding hydrogens is 364 g/mol. The average molecular weight is 391 g/mol. The van der Waals surface area contributed by atoms with E-state index in [1.165, 1.54) is 11.1 Å². The molecule has 4 nitrogen and oxygen atoms in total. The van der Waals surface area contributed by atoms with Crippen molar-refractivity contribution in [1.82, 2.24) is 5.32 Å². The molecule has 0 amide bonds. The summed E-state index contributed by atoms with van der Waals surface area (Å²) in [5.74, 6) is 3.59. The fourth-order valence-electron chi connectivity index (χ4n) is 2.44. The highest BCUT2D eigenvalue weighted by Crippen LogP contribution is 2.28. The highest BCUT2D eigenvalue weighted by molar-refractivity contribution is 7.98. The smallest absolute Gasteiger partial charge is 0.170 e. The fourth-order valence-corrected chi connectivity index (χ4v) is 3.56. The predicted molar refractivity (Wildman–Crippen MR) is 116 cm³/mol. The molecule has 0 saturated carbocycles. The topological polar surface area (TPSA) is 42.5 Å². The maximum atomic E-state index is 5.36. The fraction of sp³-hybridized carbons (Fsp3) is 0.350. The minimum absolute atomic E-state index is 0.595. The Morgan fingerprint density at radius 1 is 1.12 bits per heavy atom. The zero-order chi connectivity index (χ0) is 18.8. The van der Waals surface area contributed by atoms with Crippen LogP contribution in [0.1, 0.15) is 17.5 Å². The van der Waals surface area contributed by atoms with Gasteiger partial charge in [0.1, 0.15) is 11.5 Å². The summed E-state index contributed by atoms with van der Waals surface area (Å²) in [4.78, 5) is 0. The Kier molecular flexibility index (Phi) is 8.58. The first-order chi connectivity index (χ1) is 12.6. The highest BCUT2D eigenvalue weighted by atomic mass is 32.2. The molecule has 0 aliphatic heterocycles. The van der Waals surface area contributed by atoms with Crippen LogP contribution in [0.3, 0.4) is 0 Å². The van der Waals surface area contributed by atoms with Crippen LogP contribution in [-0.2, 0) is 5.75 Å². The normalized spacial score (nSPS) is 10.3. The number of hydrogen-bond acceptors (Lipinski definition) is 4. The first kappa shape index (κ1) is 20.4. The van der Waals surface area contributed by atoms with Gasteiger partial charge in [0.05, 0.1) is 19.9 Å². The van der Waals surface area contributed by atoms with Crippen molar-refractivity contribution in [3.8, 4) is 11.5 Å². The van der Waals surface area contributed by atoms with Gasteiger partial charge in [-0.05, 0) is 49.0 Å². The molecule has 2 rings (SSSR count). The first-order valence-electron chi connectivity index (χ1n) is 8.52. The van der Waals surface area contributed by atoms with Crippen LogP contribution in [0.25, 0.3) is 0 Å². The van der Waals surface area contributed by atoms with Crippen LogP contribution in [0.5, 0.6) is 11.5 Å². The molecular formula is C20H26N2O2S2. The van der Waals surface area contributed by atoms with Crippen LogP contribution >= 0.6 is 24.0 Å². The number of thiocarbonyl (C=S) groups is 1. The Morgan fingerprint density at radius 2 is 1.96 bits per heavy atom. The summed E-state index contributed by atoms with van der Waals surface area (Å²) in [5, 5.41) is 7.00. The van der Waals surface area contributed by atoms with Crippen molar-refractivity contribution in [2.75, 3.05) is 31.8 Å². The van der Waals surface area contributed by atoms with Gasteiger partial charge in [-0.15, -0.1) is 0 Å². The van der Waals surface area contributed by atoms with Gasteiger partial charge in [-0.1, -0.05) is 29.8 Å². The van der Waals surface area contributed by atoms with Crippen LogP contribution in [0.2, 0.25) is 0 Å². The molecule has 0 heterocycles. The molecule has 0 bridgehead atoms. The van der Waals surface area contributed by atoms with Gasteiger partial charge in [-0.3, -0.25) is 0 Å². The van der Waals surface area contributed by atoms with Crippen molar-refractivity contribution in [2.45, 2.75) is 19.1 Å². The van der Waals surface area contributed by atoms with Crippen molar-refractivity contribution < 1.29 is 9.47 Å². The monoisotopic (exact) mass is 390 g/mol. The Morgan fingerprint density at radius 3 is 2.69 bits per heavy atom. The van der Waals surface area contributed by atoms with Gasteiger partial charge in [0, 0.05) is 18.4 Å². The molecule has 0 spiro atoms. The van der Waals surface area contributed by atoms with E-state index < -0.39 is 0 Å². The third-order valence-electron chi connectivity index (χ3n) is 3.76. The number of methoxy groups -OCH3 is 2. The molecule has 6 heteroatoms. The number of aryl methyl sites for hydroxylation is 1. The molecule has 0 aliphatic carbocycles. The quantitative estimate of drug-likeness (QED) is 0.481. The van der Waals surface area contributed by atoms with E-state index >= 15 is 0 Å². The molecule has 0 unspecified atom stereocenters. The molecule has 140 valence electrons. The summed E-state index contributed by atoms with van der Waals surface area (Å²) in [7, 11) is 3.26. The maximum Gasteiger partial charge on any atom is 0.170 e. The van der Waals surface area contributed by atoms with Crippen LogP contribution in [0, 0.1) is 6.92 Å². The van der Waals surface area contributed by atoms with E-state index in [1.807, 2.05) is 30.0 Å². The predicted octanol–water partition coefficient (Wildman–Crippen LogP) is 4.62. The van der Waals surface area contributed by atoms with Gasteiger partial charge in [-0.25, -0.2) is 0 Å². The van der Waals surface area contributed by atoms with E-state index in [9.17, 15) is 0 Å². The summed E-state index contributed by atoms with van der Waals surface area (Å²) < 4.78 is 10.6. The zero-order valence-corrected chi connectivity index (χ0v) is 17.1. The maximum absolute atomic E-state index is 5.36. The third-order valence-corrected chi connectivity index (χ3v) is 5.12. The molecule has 0 atom stereocenters. The second-order valence-electron chi connectivity index (χ2n) is 5.84. The van der Waals surface area contributed by atoms with E-state index in [4.69, 9.17) is 21.7 Å². The number of rotatable bonds is 9. The first-order valence-corrected chi connectivity index (χ1v) is 10.1. The molecule has 2 aromatic rings. The number of benzene rings is 2. The Labute approximate surface area is 165 Å². The van der Waals surface area contributed by atoms with Gasteiger partial charge in [0.15, 0.2) is 5.11 Å². The lowest BCUT2D eigenvalue weighted by Gasteiger charge is -2.14. The summed E-state index contributed by atoms with van der Waals surface area (Å²) >= 11 is 7.30. The lowest BCUT2D eigenvalue weighted by molar-refractivity contribution is 0.395. The lowest BCUT2D eigenvalue weighted by atomic mass is 10.2.